The summed E-state index contributed by atoms with van der Waals surface area (Å²) < 4.78 is 19.7. The fraction of sp³-hybridized carbons (Fsp3) is 0.712. The summed E-state index contributed by atoms with van der Waals surface area (Å²) in [7, 11) is 0. The van der Waals surface area contributed by atoms with E-state index in [0.29, 0.717) is 36.1 Å². The molecule has 4 aliphatic carbocycles. The third-order valence-electron chi connectivity index (χ3n) is 19.0. The molecule has 11 heteroatoms. The number of amides is 1. The first-order chi connectivity index (χ1) is 30.3. The SMILES string of the molecule is C[C@H](CCC(=O)NCC(=O)OCOC(C(=O)OC1CC2CCC(C1)[N+]21CCCC1)(c1ccccc1)c1ccccc1)[C@H]1CC[C@H]2[C@@H]3[C@H](O)C[C@@H]4C[C@H](O)CC[C@]4(C)[C@H]3C[C@H](O)[C@]12C. The van der Waals surface area contributed by atoms with E-state index in [0.717, 1.165) is 51.4 Å². The van der Waals surface area contributed by atoms with Crippen molar-refractivity contribution in [2.24, 2.45) is 46.3 Å². The first kappa shape index (κ1) is 44.8. The van der Waals surface area contributed by atoms with Gasteiger partial charge in [-0.1, -0.05) is 81.4 Å². The normalized spacial score (nSPS) is 38.2. The van der Waals surface area contributed by atoms with E-state index in [1.54, 1.807) is 0 Å². The number of nitrogens with zero attached hydrogens (tertiary/aromatic N) is 1. The molecule has 3 aliphatic heterocycles. The molecule has 2 unspecified atom stereocenters. The van der Waals surface area contributed by atoms with E-state index in [1.807, 2.05) is 60.7 Å². The highest BCUT2D eigenvalue weighted by molar-refractivity contribution is 5.86. The largest absolute Gasteiger partial charge is 0.459 e. The fourth-order valence-corrected chi connectivity index (χ4v) is 15.7. The molecule has 1 spiro atoms. The molecular weight excluding hydrogens is 797 g/mol. The number of hydrogen-bond acceptors (Lipinski definition) is 9. The lowest BCUT2D eigenvalue weighted by atomic mass is 9.43. The van der Waals surface area contributed by atoms with Crippen molar-refractivity contribution in [1.29, 1.82) is 0 Å². The Balaban J connectivity index is 0.797. The molecular formula is C52H73N2O9+. The zero-order valence-electron chi connectivity index (χ0n) is 37.9. The Labute approximate surface area is 374 Å². The van der Waals surface area contributed by atoms with Gasteiger partial charge in [-0.2, -0.15) is 0 Å². The molecule has 2 bridgehead atoms. The average molecular weight is 870 g/mol. The predicted molar refractivity (Wildman–Crippen MR) is 236 cm³/mol. The number of piperidine rings is 1. The molecule has 11 nitrogen and oxygen atoms in total. The van der Waals surface area contributed by atoms with Crippen LogP contribution in [0.5, 0.6) is 0 Å². The Morgan fingerprint density at radius 2 is 1.48 bits per heavy atom. The second kappa shape index (κ2) is 17.8. The maximum Gasteiger partial charge on any atom is 0.348 e. The van der Waals surface area contributed by atoms with Gasteiger partial charge < -0.3 is 39.3 Å². The first-order valence-corrected chi connectivity index (χ1v) is 24.6. The third-order valence-corrected chi connectivity index (χ3v) is 19.0. The van der Waals surface area contributed by atoms with Gasteiger partial charge in [-0.15, -0.1) is 0 Å². The van der Waals surface area contributed by atoms with Gasteiger partial charge in [0.1, 0.15) is 12.6 Å². The van der Waals surface area contributed by atoms with Gasteiger partial charge >= 0.3 is 11.9 Å². The minimum absolute atomic E-state index is 0.0197. The molecule has 4 N–H and O–H groups in total. The van der Waals surface area contributed by atoms with Crippen LogP contribution >= 0.6 is 0 Å². The van der Waals surface area contributed by atoms with Crippen molar-refractivity contribution in [3.8, 4) is 0 Å². The van der Waals surface area contributed by atoms with E-state index >= 15 is 0 Å². The summed E-state index contributed by atoms with van der Waals surface area (Å²) in [5, 5.41) is 36.8. The molecule has 3 saturated heterocycles. The zero-order chi connectivity index (χ0) is 44.1. The number of fused-ring (bicyclic) bond motifs is 5. The smallest absolute Gasteiger partial charge is 0.348 e. The molecule has 3 heterocycles. The number of ether oxygens (including phenoxy) is 3. The lowest BCUT2D eigenvalue weighted by Crippen LogP contribution is -2.62. The Kier molecular flexibility index (Phi) is 12.7. The van der Waals surface area contributed by atoms with E-state index in [4.69, 9.17) is 14.2 Å². The summed E-state index contributed by atoms with van der Waals surface area (Å²) in [6.07, 6.45) is 11.8. The van der Waals surface area contributed by atoms with Crippen molar-refractivity contribution in [3.63, 3.8) is 0 Å². The molecule has 7 aliphatic rings. The van der Waals surface area contributed by atoms with Gasteiger partial charge in [0.15, 0.2) is 6.79 Å². The number of benzene rings is 2. The number of aliphatic hydroxyl groups is 3. The van der Waals surface area contributed by atoms with E-state index in [2.05, 4.69) is 26.1 Å². The van der Waals surface area contributed by atoms with Crippen molar-refractivity contribution in [2.45, 2.75) is 159 Å². The number of aliphatic hydroxyl groups excluding tert-OH is 3. The first-order valence-electron chi connectivity index (χ1n) is 24.6. The van der Waals surface area contributed by atoms with Crippen molar-refractivity contribution < 1.29 is 48.4 Å². The summed E-state index contributed by atoms with van der Waals surface area (Å²) in [5.41, 5.74) is -0.865. The molecule has 1 amide bonds. The molecule has 2 aromatic carbocycles. The van der Waals surface area contributed by atoms with Crippen LogP contribution in [0.2, 0.25) is 0 Å². The van der Waals surface area contributed by atoms with E-state index in [-0.39, 0.29) is 77.4 Å². The standard InChI is InChI=1S/C52H72N2O9/c1-33(41-19-20-42-48-43(30-45(57)51(41,42)3)50(2)23-22-39(55)26-36(50)27-44(48)56)16-21-46(58)53-31-47(59)61-32-62-52(34-12-6-4-7-13-34,35-14-8-5-9-15-35)49(60)63-40-28-37-17-18-38(29-40)54(37)24-10-11-25-54/h4-9,12-15,33,36-45,48,55-57H,10-11,16-32H2,1-3H3/p+1/t33-,36+,37?,38?,39-,40?,41-,42+,43+,44-,45+,48+,50+,51-/m1/s1. The van der Waals surface area contributed by atoms with Crippen LogP contribution in [0.15, 0.2) is 60.7 Å². The number of rotatable bonds is 13. The summed E-state index contributed by atoms with van der Waals surface area (Å²) in [5.74, 6) is -0.240. The van der Waals surface area contributed by atoms with Gasteiger partial charge in [0, 0.05) is 44.9 Å². The monoisotopic (exact) mass is 870 g/mol. The number of carbonyl (C=O) groups is 3. The van der Waals surface area contributed by atoms with Crippen LogP contribution in [0.1, 0.15) is 128 Å². The highest BCUT2D eigenvalue weighted by Crippen LogP contribution is 2.68. The topological polar surface area (TPSA) is 152 Å². The Morgan fingerprint density at radius 3 is 2.13 bits per heavy atom. The lowest BCUT2D eigenvalue weighted by molar-refractivity contribution is -0.956. The Bertz CT molecular complexity index is 1890. The lowest BCUT2D eigenvalue weighted by Gasteiger charge is -2.63. The molecule has 63 heavy (non-hydrogen) atoms. The molecule has 0 radical (unpaired) electrons. The van der Waals surface area contributed by atoms with Crippen LogP contribution in [0.25, 0.3) is 0 Å². The maximum absolute atomic E-state index is 14.7. The minimum atomic E-state index is -1.68. The van der Waals surface area contributed by atoms with Gasteiger partial charge in [-0.25, -0.2) is 4.79 Å². The molecule has 7 fully saturated rings. The average Bonchev–Trinajstić information content (AvgIpc) is 3.95. The van der Waals surface area contributed by atoms with Crippen molar-refractivity contribution in [1.82, 2.24) is 5.32 Å². The Hall–Kier alpha value is -3.35. The van der Waals surface area contributed by atoms with Crippen LogP contribution < -0.4 is 5.32 Å². The number of quaternary nitrogens is 1. The van der Waals surface area contributed by atoms with Gasteiger partial charge in [0.2, 0.25) is 11.5 Å². The van der Waals surface area contributed by atoms with Crippen molar-refractivity contribution >= 4 is 17.8 Å². The highest BCUT2D eigenvalue weighted by atomic mass is 16.7. The van der Waals surface area contributed by atoms with Gasteiger partial charge in [0.25, 0.3) is 0 Å². The number of nitrogens with one attached hydrogen (secondary N) is 1. The van der Waals surface area contributed by atoms with Gasteiger partial charge in [-0.3, -0.25) is 9.59 Å². The summed E-state index contributed by atoms with van der Waals surface area (Å²) in [6.45, 7) is 8.35. The minimum Gasteiger partial charge on any atom is -0.459 e. The fourth-order valence-electron chi connectivity index (χ4n) is 15.7. The van der Waals surface area contributed by atoms with Crippen molar-refractivity contribution in [2.75, 3.05) is 26.4 Å². The zero-order valence-corrected chi connectivity index (χ0v) is 37.9. The molecule has 344 valence electrons. The summed E-state index contributed by atoms with van der Waals surface area (Å²) in [6, 6.07) is 19.5. The maximum atomic E-state index is 14.7. The van der Waals surface area contributed by atoms with E-state index in [1.165, 1.54) is 43.3 Å². The van der Waals surface area contributed by atoms with Crippen LogP contribution in [-0.4, -0.2) is 101 Å². The van der Waals surface area contributed by atoms with Gasteiger partial charge in [-0.05, 0) is 109 Å². The summed E-state index contributed by atoms with van der Waals surface area (Å²) >= 11 is 0. The van der Waals surface area contributed by atoms with E-state index in [9.17, 15) is 29.7 Å². The molecule has 0 aromatic heterocycles. The second-order valence-corrected chi connectivity index (χ2v) is 21.7. The highest BCUT2D eigenvalue weighted by Gasteiger charge is 2.66. The number of carbonyl (C=O) groups excluding carboxylic acids is 3. The number of hydrogen-bond donors (Lipinski definition) is 4. The predicted octanol–water partition coefficient (Wildman–Crippen LogP) is 6.79. The van der Waals surface area contributed by atoms with Gasteiger partial charge in [0.05, 0.1) is 43.5 Å². The van der Waals surface area contributed by atoms with Crippen LogP contribution in [0, 0.1) is 46.3 Å². The summed E-state index contributed by atoms with van der Waals surface area (Å²) in [4.78, 5) is 41.0. The van der Waals surface area contributed by atoms with E-state index < -0.39 is 36.5 Å². The third kappa shape index (κ3) is 7.87. The molecule has 4 saturated carbocycles. The van der Waals surface area contributed by atoms with Crippen LogP contribution in [0.4, 0.5) is 0 Å². The number of esters is 2. The van der Waals surface area contributed by atoms with Crippen molar-refractivity contribution in [3.05, 3.63) is 71.8 Å². The molecule has 9 rings (SSSR count). The second-order valence-electron chi connectivity index (χ2n) is 21.7. The quantitative estimate of drug-likeness (QED) is 0.0970. The van der Waals surface area contributed by atoms with Crippen LogP contribution in [-0.2, 0) is 34.2 Å². The van der Waals surface area contributed by atoms with Crippen LogP contribution in [0.3, 0.4) is 0 Å². The molecule has 13 atom stereocenters. The Morgan fingerprint density at radius 1 is 0.825 bits per heavy atom. The molecule has 2 aromatic rings.